The van der Waals surface area contributed by atoms with Gasteiger partial charge in [-0.1, -0.05) is 51.1 Å². The summed E-state index contributed by atoms with van der Waals surface area (Å²) < 4.78 is 0. The molecule has 0 aliphatic heterocycles. The maximum Gasteiger partial charge on any atom is 0.0641 e. The summed E-state index contributed by atoms with van der Waals surface area (Å²) in [6.07, 6.45) is 2.00. The van der Waals surface area contributed by atoms with Gasteiger partial charge in [0, 0.05) is 12.0 Å². The first-order valence-corrected chi connectivity index (χ1v) is 7.97. The lowest BCUT2D eigenvalue weighted by Crippen LogP contribution is -2.27. The average Bonchev–Trinajstić information content (AvgIpc) is 2.91. The highest BCUT2D eigenvalue weighted by atomic mass is 32.2. The molecule has 106 valence electrons. The molecule has 0 N–H and O–H groups in total. The summed E-state index contributed by atoms with van der Waals surface area (Å²) >= 11 is 1.88. The lowest BCUT2D eigenvalue weighted by Gasteiger charge is -2.27. The molecule has 0 aromatic heterocycles. The van der Waals surface area contributed by atoms with E-state index >= 15 is 0 Å². The van der Waals surface area contributed by atoms with Crippen LogP contribution in [0.2, 0.25) is 0 Å². The molecule has 1 atom stereocenters. The molecule has 0 heterocycles. The van der Waals surface area contributed by atoms with E-state index < -0.39 is 0 Å². The highest BCUT2D eigenvalue weighted by molar-refractivity contribution is 7.99. The van der Waals surface area contributed by atoms with Crippen LogP contribution in [0.25, 0.3) is 0 Å². The molecule has 0 saturated carbocycles. The summed E-state index contributed by atoms with van der Waals surface area (Å²) in [4.78, 5) is 6.15. The number of benzene rings is 1. The molecule has 2 aromatic carbocycles. The highest BCUT2D eigenvalue weighted by Crippen LogP contribution is 2.29. The Morgan fingerprint density at radius 3 is 2.50 bits per heavy atom. The maximum atomic E-state index is 4.82. The van der Waals surface area contributed by atoms with Crippen molar-refractivity contribution in [3.05, 3.63) is 60.2 Å². The quantitative estimate of drug-likeness (QED) is 0.426. The van der Waals surface area contributed by atoms with Crippen LogP contribution in [0.1, 0.15) is 26.3 Å². The summed E-state index contributed by atoms with van der Waals surface area (Å²) in [5, 5.41) is 0. The molecule has 0 fully saturated rings. The maximum absolute atomic E-state index is 4.82. The van der Waals surface area contributed by atoms with Crippen LogP contribution in [0.5, 0.6) is 0 Å². The standard InChI is InChI=1S/C18H22NS/c1-18(2,3)17(14-20-16-11-7-8-12-16)19-13-15-9-5-4-6-10-15/h4-13,17H,14H2,1-3H3/q-1/t17-/m1/s1. The first-order valence-electron chi connectivity index (χ1n) is 6.98. The van der Waals surface area contributed by atoms with Crippen LogP contribution in [-0.2, 0) is 0 Å². The minimum absolute atomic E-state index is 0.172. The van der Waals surface area contributed by atoms with E-state index in [0.717, 1.165) is 5.75 Å². The van der Waals surface area contributed by atoms with E-state index in [1.807, 2.05) is 36.2 Å². The summed E-state index contributed by atoms with van der Waals surface area (Å²) in [6, 6.07) is 19.1. The first kappa shape index (κ1) is 15.0. The Bertz CT molecular complexity index is 520. The van der Waals surface area contributed by atoms with Gasteiger partial charge in [-0.05, 0) is 11.0 Å². The molecule has 0 saturated heterocycles. The summed E-state index contributed by atoms with van der Waals surface area (Å²) in [5.41, 5.74) is 1.34. The van der Waals surface area contributed by atoms with Gasteiger partial charge in [0.25, 0.3) is 0 Å². The number of rotatable bonds is 5. The monoisotopic (exact) mass is 284 g/mol. The third kappa shape index (κ3) is 4.61. The van der Waals surface area contributed by atoms with Gasteiger partial charge in [-0.25, -0.2) is 12.1 Å². The van der Waals surface area contributed by atoms with Gasteiger partial charge in [0.05, 0.1) is 6.04 Å². The topological polar surface area (TPSA) is 12.4 Å². The number of nitrogens with zero attached hydrogens (tertiary/aromatic N) is 1. The van der Waals surface area contributed by atoms with Crippen molar-refractivity contribution < 1.29 is 0 Å². The molecule has 2 heteroatoms. The van der Waals surface area contributed by atoms with Crippen LogP contribution < -0.4 is 0 Å². The third-order valence-electron chi connectivity index (χ3n) is 3.24. The van der Waals surface area contributed by atoms with Crippen molar-refractivity contribution in [1.82, 2.24) is 0 Å². The van der Waals surface area contributed by atoms with Crippen LogP contribution >= 0.6 is 11.8 Å². The van der Waals surface area contributed by atoms with Gasteiger partial charge in [-0.2, -0.15) is 23.9 Å². The van der Waals surface area contributed by atoms with Crippen molar-refractivity contribution in [1.29, 1.82) is 0 Å². The van der Waals surface area contributed by atoms with Crippen LogP contribution in [0.15, 0.2) is 64.5 Å². The number of hydrogen-bond donors (Lipinski definition) is 0. The molecular formula is C18H22NS-. The fraction of sp³-hybridized carbons (Fsp3) is 0.333. The SMILES string of the molecule is CC(C)(C)[C@@H](CSc1ccc[cH-]1)N=Cc1ccccc1. The Morgan fingerprint density at radius 1 is 1.15 bits per heavy atom. The van der Waals surface area contributed by atoms with E-state index in [9.17, 15) is 0 Å². The zero-order valence-corrected chi connectivity index (χ0v) is 13.2. The van der Waals surface area contributed by atoms with Crippen molar-refractivity contribution in [2.24, 2.45) is 10.4 Å². The van der Waals surface area contributed by atoms with Gasteiger partial charge >= 0.3 is 0 Å². The molecule has 2 rings (SSSR count). The van der Waals surface area contributed by atoms with Crippen LogP contribution in [0.3, 0.4) is 0 Å². The second-order valence-electron chi connectivity index (χ2n) is 6.00. The molecule has 0 aliphatic carbocycles. The number of thioether (sulfide) groups is 1. The molecule has 0 unspecified atom stereocenters. The Labute approximate surface area is 126 Å². The Balaban J connectivity index is 2.02. The van der Waals surface area contributed by atoms with E-state index in [0.29, 0.717) is 6.04 Å². The Morgan fingerprint density at radius 2 is 1.90 bits per heavy atom. The van der Waals surface area contributed by atoms with E-state index in [2.05, 4.69) is 57.2 Å². The predicted molar refractivity (Wildman–Crippen MR) is 90.0 cm³/mol. The van der Waals surface area contributed by atoms with Crippen molar-refractivity contribution in [2.45, 2.75) is 31.7 Å². The normalized spacial score (nSPS) is 13.8. The Hall–Kier alpha value is -1.41. The van der Waals surface area contributed by atoms with E-state index in [4.69, 9.17) is 4.99 Å². The van der Waals surface area contributed by atoms with Crippen molar-refractivity contribution in [3.63, 3.8) is 0 Å². The van der Waals surface area contributed by atoms with Gasteiger partial charge in [-0.15, -0.1) is 4.90 Å². The lowest BCUT2D eigenvalue weighted by atomic mass is 9.88. The van der Waals surface area contributed by atoms with Gasteiger partial charge in [0.2, 0.25) is 0 Å². The molecular weight excluding hydrogens is 262 g/mol. The minimum atomic E-state index is 0.172. The molecule has 0 spiro atoms. The second kappa shape index (κ2) is 6.85. The van der Waals surface area contributed by atoms with Gasteiger partial charge < -0.3 is 0 Å². The molecule has 0 amide bonds. The molecule has 1 nitrogen and oxygen atoms in total. The zero-order valence-electron chi connectivity index (χ0n) is 12.4. The average molecular weight is 284 g/mol. The summed E-state index contributed by atoms with van der Waals surface area (Å²) in [7, 11) is 0. The third-order valence-corrected chi connectivity index (χ3v) is 4.33. The van der Waals surface area contributed by atoms with E-state index in [1.165, 1.54) is 10.5 Å². The lowest BCUT2D eigenvalue weighted by molar-refractivity contribution is 0.347. The smallest absolute Gasteiger partial charge is 0.0641 e. The molecule has 0 radical (unpaired) electrons. The zero-order chi connectivity index (χ0) is 14.4. The molecule has 20 heavy (non-hydrogen) atoms. The minimum Gasteiger partial charge on any atom is -0.288 e. The fourth-order valence-corrected chi connectivity index (χ4v) is 3.15. The van der Waals surface area contributed by atoms with E-state index in [-0.39, 0.29) is 5.41 Å². The first-order chi connectivity index (χ1) is 9.55. The highest BCUT2D eigenvalue weighted by Gasteiger charge is 2.23. The van der Waals surface area contributed by atoms with E-state index in [1.54, 1.807) is 0 Å². The molecule has 0 bridgehead atoms. The predicted octanol–water partition coefficient (Wildman–Crippen LogP) is 5.03. The Kier molecular flexibility index (Phi) is 5.13. The molecule has 2 aromatic rings. The summed E-state index contributed by atoms with van der Waals surface area (Å²) in [6.45, 7) is 6.77. The van der Waals surface area contributed by atoms with Crippen LogP contribution in [0.4, 0.5) is 0 Å². The van der Waals surface area contributed by atoms with Gasteiger partial charge in [-0.3, -0.25) is 4.99 Å². The van der Waals surface area contributed by atoms with Crippen LogP contribution in [-0.4, -0.2) is 18.0 Å². The van der Waals surface area contributed by atoms with Crippen LogP contribution in [0, 0.1) is 5.41 Å². The van der Waals surface area contributed by atoms with Gasteiger partial charge in [0.15, 0.2) is 0 Å². The van der Waals surface area contributed by atoms with Crippen molar-refractivity contribution in [3.8, 4) is 0 Å². The number of hydrogen-bond acceptors (Lipinski definition) is 2. The van der Waals surface area contributed by atoms with Crippen molar-refractivity contribution in [2.75, 3.05) is 5.75 Å². The van der Waals surface area contributed by atoms with Gasteiger partial charge in [0.1, 0.15) is 0 Å². The summed E-state index contributed by atoms with van der Waals surface area (Å²) in [5.74, 6) is 1.01. The largest absolute Gasteiger partial charge is 0.288 e. The molecule has 0 aliphatic rings. The number of aliphatic imine (C=N–C) groups is 1. The second-order valence-corrected chi connectivity index (χ2v) is 7.10. The van der Waals surface area contributed by atoms with Crippen molar-refractivity contribution >= 4 is 18.0 Å². The fourth-order valence-electron chi connectivity index (χ4n) is 1.86.